The molecule has 0 spiro atoms. The fourth-order valence-corrected chi connectivity index (χ4v) is 12.6. The second-order valence-electron chi connectivity index (χ2n) is 33.0. The predicted octanol–water partition coefficient (Wildman–Crippen LogP) is 26.6. The molecule has 2 N–H and O–H groups in total. The molecule has 0 amide bonds. The summed E-state index contributed by atoms with van der Waals surface area (Å²) in [6.07, 6.45) is 20.5. The van der Waals surface area contributed by atoms with Crippen molar-refractivity contribution in [1.29, 1.82) is 0 Å². The monoisotopic (exact) mass is 1660 g/mol. The number of nitrogens with zero attached hydrogens (tertiary/aromatic N) is 4. The molecule has 9 heteroatoms. The normalized spacial score (nSPS) is 12.3. The maximum absolute atomic E-state index is 11.3. The summed E-state index contributed by atoms with van der Waals surface area (Å²) < 4.78 is 2.53. The van der Waals surface area contributed by atoms with Gasteiger partial charge < -0.3 is 10.2 Å². The summed E-state index contributed by atoms with van der Waals surface area (Å²) in [4.78, 5) is 0. The van der Waals surface area contributed by atoms with Crippen LogP contribution >= 0.6 is 47.8 Å². The Hall–Kier alpha value is -12.1. The number of rotatable bonds is 4. The zero-order chi connectivity index (χ0) is 82.6. The molecule has 6 nitrogen and oxygen atoms in total. The molecule has 113 heavy (non-hydrogen) atoms. The first-order valence-electron chi connectivity index (χ1n) is 36.7. The van der Waals surface area contributed by atoms with Crippen LogP contribution in [0.3, 0.4) is 0 Å². The van der Waals surface area contributed by atoms with E-state index in [0.29, 0.717) is 45.9 Å². The van der Waals surface area contributed by atoms with E-state index in [1.165, 1.54) is 0 Å². The predicted molar refractivity (Wildman–Crippen MR) is 482 cm³/mol. The number of benzene rings is 9. The molecule has 0 saturated carbocycles. The molecule has 0 heterocycles. The van der Waals surface area contributed by atoms with Crippen molar-refractivity contribution in [2.75, 3.05) is 0 Å². The fourth-order valence-electron chi connectivity index (χ4n) is 10.2. The Bertz CT molecular complexity index is 5780. The number of phenols is 2. The van der Waals surface area contributed by atoms with Gasteiger partial charge in [-0.15, -0.1) is 39.7 Å². The summed E-state index contributed by atoms with van der Waals surface area (Å²) in [5, 5.41) is 43.2. The average molecular weight is 1670 g/mol. The molecule has 1 unspecified atom stereocenters. The molecule has 0 aliphatic heterocycles. The highest BCUT2D eigenvalue weighted by atomic mass is 79.9. The van der Waals surface area contributed by atoms with Crippen LogP contribution in [0.5, 0.6) is 11.5 Å². The van der Waals surface area contributed by atoms with Crippen LogP contribution in [0.15, 0.2) is 209 Å². The van der Waals surface area contributed by atoms with Gasteiger partial charge in [-0.1, -0.05) is 207 Å². The quantitative estimate of drug-likeness (QED) is 0.136. The van der Waals surface area contributed by atoms with Gasteiger partial charge in [0.05, 0.1) is 11.1 Å². The van der Waals surface area contributed by atoms with E-state index in [1.54, 1.807) is 30.3 Å². The third-order valence-corrected chi connectivity index (χ3v) is 17.1. The second-order valence-corrected chi connectivity index (χ2v) is 35.7. The van der Waals surface area contributed by atoms with Crippen LogP contribution < -0.4 is 0 Å². The topological polar surface area (TPSA) is 89.9 Å². The molecule has 0 bridgehead atoms. The Balaban J connectivity index is 0.000000380. The van der Waals surface area contributed by atoms with Gasteiger partial charge in [-0.2, -0.15) is 0 Å². The highest BCUT2D eigenvalue weighted by Gasteiger charge is 2.18. The van der Waals surface area contributed by atoms with Crippen molar-refractivity contribution in [3.8, 4) is 155 Å². The van der Waals surface area contributed by atoms with Gasteiger partial charge in [0.1, 0.15) is 34.2 Å². The number of aromatic hydroxyl groups is 2. The zero-order valence-corrected chi connectivity index (χ0v) is 72.2. The van der Waals surface area contributed by atoms with Crippen molar-refractivity contribution in [2.45, 2.75) is 131 Å². The van der Waals surface area contributed by atoms with Crippen molar-refractivity contribution in [1.82, 2.24) is 0 Å². The SMILES string of the molecule is C#Cc1cc(C#C)cc(C#C)c1.CC(C)(C)C#CC1=CC(C#CC(C)(C)C)CC(C#Cc2cc(C#Cc3cc(C#CC(C)(C)C)cc(C#CC(C)(C)C)c3)c(N=Nc3c(O)ccc4ccccc34)c(C#Cc3cc(C#CC(C)(C)C)cc(C#CC(C)(C)C)c3)c2)=C1.Oc1ccc2ccccc2c1N=Nc1c(Br)cc(Br)cc1Br. The van der Waals surface area contributed by atoms with Gasteiger partial charge in [-0.3, -0.25) is 0 Å². The smallest absolute Gasteiger partial charge is 0.143 e. The van der Waals surface area contributed by atoms with Crippen LogP contribution in [0.4, 0.5) is 22.7 Å². The van der Waals surface area contributed by atoms with Crippen molar-refractivity contribution < 1.29 is 10.2 Å². The van der Waals surface area contributed by atoms with Gasteiger partial charge in [0.2, 0.25) is 0 Å². The van der Waals surface area contributed by atoms with Crippen LogP contribution in [0.25, 0.3) is 21.5 Å². The highest BCUT2D eigenvalue weighted by Crippen LogP contribution is 2.42. The van der Waals surface area contributed by atoms with Gasteiger partial charge in [0.15, 0.2) is 0 Å². The lowest BCUT2D eigenvalue weighted by Gasteiger charge is -2.15. The molecule has 1 aliphatic rings. The minimum atomic E-state index is -0.217. The third-order valence-electron chi connectivity index (χ3n) is 15.4. The first-order chi connectivity index (χ1) is 53.0. The lowest BCUT2D eigenvalue weighted by Crippen LogP contribution is -2.06. The minimum Gasteiger partial charge on any atom is -0.506 e. The van der Waals surface area contributed by atoms with Crippen molar-refractivity contribution in [3.05, 3.63) is 255 Å². The van der Waals surface area contributed by atoms with E-state index in [1.807, 2.05) is 121 Å². The Morgan fingerprint density at radius 1 is 0.336 bits per heavy atom. The molecule has 1 atom stereocenters. The number of halogens is 3. The van der Waals surface area contributed by atoms with E-state index in [0.717, 1.165) is 96.2 Å². The van der Waals surface area contributed by atoms with Crippen molar-refractivity contribution >= 4 is 92.1 Å². The summed E-state index contributed by atoms with van der Waals surface area (Å²) in [7, 11) is 0. The Morgan fingerprint density at radius 2 is 0.655 bits per heavy atom. The molecule has 10 rings (SSSR count). The number of hydrogen-bond donors (Lipinski definition) is 2. The van der Waals surface area contributed by atoms with E-state index in [4.69, 9.17) is 29.5 Å². The summed E-state index contributed by atoms with van der Waals surface area (Å²) in [6.45, 7) is 37.8. The highest BCUT2D eigenvalue weighted by molar-refractivity contribution is 9.11. The van der Waals surface area contributed by atoms with Crippen LogP contribution in [0, 0.1) is 182 Å². The molecule has 0 radical (unpaired) electrons. The maximum atomic E-state index is 11.3. The standard InChI is InChI=1S/C76H74N2O.C16H9Br3N2O.C12H6/c1-71(2,3)37-31-58-43-54(44-59(49-58)32-38-72(4,5)6)23-24-57-52-65(27-25-55-45-60(33-39-73(7,8)9)50-61(46-55)34-40-74(10,11)12)69(77-78-70-67-22-20-19-21-64(67)29-30-68(70)79)66(53-57)28-26-56-47-62(35-41-75(13,14)15)51-63(48-56)36-42-76(16,17)18;17-10-7-12(18)16(13(19)8-10)21-20-15-11-4-2-1-3-9(11)5-6-14(15)22;1-4-10-7-11(5-2)9-12(6-3)8-10/h19-22,29-30,43,45-53,59,79H,44H2,1-18H3;1-8,22H;1-3,7-9H. The molecule has 0 aromatic heterocycles. The molecule has 9 aromatic carbocycles. The first kappa shape index (κ1) is 86.5. The van der Waals surface area contributed by atoms with Crippen LogP contribution in [-0.2, 0) is 0 Å². The van der Waals surface area contributed by atoms with Gasteiger partial charge in [0.25, 0.3) is 0 Å². The molecule has 9 aromatic rings. The Labute approximate surface area is 697 Å². The summed E-state index contributed by atoms with van der Waals surface area (Å²) in [5.74, 6) is 69.3. The van der Waals surface area contributed by atoms with E-state index in [9.17, 15) is 10.2 Å². The number of phenolic OH excluding ortho intramolecular Hbond substituents is 2. The first-order valence-corrected chi connectivity index (χ1v) is 39.0. The van der Waals surface area contributed by atoms with Crippen molar-refractivity contribution in [3.63, 3.8) is 0 Å². The number of fused-ring (bicyclic) bond motifs is 2. The molecular formula is C104H89Br3N4O2. The summed E-state index contributed by atoms with van der Waals surface area (Å²) in [5.41, 5.74) is 11.0. The molecule has 0 fully saturated rings. The molecule has 1 aliphatic carbocycles. The van der Waals surface area contributed by atoms with Gasteiger partial charge in [0, 0.05) is 129 Å². The average Bonchev–Trinajstić information content (AvgIpc) is 0.814. The van der Waals surface area contributed by atoms with Crippen molar-refractivity contribution in [2.24, 2.45) is 58.9 Å². The molecule has 0 saturated heterocycles. The maximum Gasteiger partial charge on any atom is 0.143 e. The Kier molecular flexibility index (Phi) is 28.9. The summed E-state index contributed by atoms with van der Waals surface area (Å²) >= 11 is 10.3. The lowest BCUT2D eigenvalue weighted by molar-refractivity contribution is 0.476. The number of allylic oxidation sites excluding steroid dienone is 4. The fraction of sp³-hybridized carbons (Fsp3) is 0.250. The van der Waals surface area contributed by atoms with Gasteiger partial charge in [-0.25, -0.2) is 0 Å². The molecule has 558 valence electrons. The zero-order valence-electron chi connectivity index (χ0n) is 67.4. The van der Waals surface area contributed by atoms with Crippen LogP contribution in [-0.4, -0.2) is 10.2 Å². The number of terminal acetylenes is 3. The van der Waals surface area contributed by atoms with E-state index >= 15 is 0 Å². The van der Waals surface area contributed by atoms with E-state index < -0.39 is 0 Å². The third kappa shape index (κ3) is 28.6. The van der Waals surface area contributed by atoms with Crippen LogP contribution in [0.2, 0.25) is 0 Å². The second kappa shape index (κ2) is 37.8. The minimum absolute atomic E-state index is 0.00813. The lowest BCUT2D eigenvalue weighted by atomic mass is 9.88. The van der Waals surface area contributed by atoms with Crippen LogP contribution in [0.1, 0.15) is 198 Å². The Morgan fingerprint density at radius 3 is 1.03 bits per heavy atom. The van der Waals surface area contributed by atoms with Gasteiger partial charge >= 0.3 is 0 Å². The number of azo groups is 2. The van der Waals surface area contributed by atoms with Gasteiger partial charge in [-0.05, 0) is 271 Å². The largest absolute Gasteiger partial charge is 0.506 e. The molecular weight excluding hydrogens is 1580 g/mol. The van der Waals surface area contributed by atoms with E-state index in [2.05, 4.69) is 319 Å². The summed E-state index contributed by atoms with van der Waals surface area (Å²) in [6, 6.07) is 47.4. The van der Waals surface area contributed by atoms with E-state index in [-0.39, 0.29) is 49.9 Å². The number of hydrogen-bond acceptors (Lipinski definition) is 6.